The summed E-state index contributed by atoms with van der Waals surface area (Å²) in [5.74, 6) is -1.24. The molecule has 2 aromatic rings. The van der Waals surface area contributed by atoms with Gasteiger partial charge in [0.1, 0.15) is 11.6 Å². The van der Waals surface area contributed by atoms with E-state index in [-0.39, 0.29) is 11.4 Å². The van der Waals surface area contributed by atoms with E-state index >= 15 is 0 Å². The number of ether oxygens (including phenoxy) is 1. The van der Waals surface area contributed by atoms with Crippen LogP contribution in [0.4, 0.5) is 10.2 Å². The molecule has 6 nitrogen and oxygen atoms in total. The zero-order valence-electron chi connectivity index (χ0n) is 16.0. The van der Waals surface area contributed by atoms with Crippen LogP contribution in [-0.2, 0) is 14.0 Å². The van der Waals surface area contributed by atoms with Gasteiger partial charge in [-0.05, 0) is 56.9 Å². The smallest absolute Gasteiger partial charge is 0.465 e. The first-order valence-electron chi connectivity index (χ1n) is 8.55. The van der Waals surface area contributed by atoms with Crippen LogP contribution in [0.15, 0.2) is 30.5 Å². The maximum Gasteiger partial charge on any atom is 0.495 e. The number of benzene rings is 1. The van der Waals surface area contributed by atoms with Gasteiger partial charge in [-0.25, -0.2) is 14.2 Å². The largest absolute Gasteiger partial charge is 0.495 e. The van der Waals surface area contributed by atoms with Crippen molar-refractivity contribution in [3.05, 3.63) is 41.8 Å². The van der Waals surface area contributed by atoms with Crippen molar-refractivity contribution < 1.29 is 23.2 Å². The van der Waals surface area contributed by atoms with Gasteiger partial charge in [-0.3, -0.25) is 0 Å². The van der Waals surface area contributed by atoms with Gasteiger partial charge in [-0.1, -0.05) is 6.07 Å². The van der Waals surface area contributed by atoms with Crippen molar-refractivity contribution in [2.75, 3.05) is 12.8 Å². The lowest BCUT2D eigenvalue weighted by atomic mass is 9.75. The summed E-state index contributed by atoms with van der Waals surface area (Å²) in [5, 5.41) is 0. The summed E-state index contributed by atoms with van der Waals surface area (Å²) in [7, 11) is 0.518. The number of rotatable bonds is 3. The minimum atomic E-state index is -0.746. The molecule has 1 aliphatic rings. The van der Waals surface area contributed by atoms with Crippen molar-refractivity contribution in [1.29, 1.82) is 0 Å². The third-order valence-corrected chi connectivity index (χ3v) is 5.18. The lowest BCUT2D eigenvalue weighted by Crippen LogP contribution is -2.41. The highest BCUT2D eigenvalue weighted by atomic mass is 19.1. The van der Waals surface area contributed by atoms with Gasteiger partial charge >= 0.3 is 13.1 Å². The number of methoxy groups -OCH3 is 1. The summed E-state index contributed by atoms with van der Waals surface area (Å²) in [6.07, 6.45) is 1.55. The van der Waals surface area contributed by atoms with Gasteiger partial charge in [0.15, 0.2) is 0 Å². The van der Waals surface area contributed by atoms with E-state index in [1.54, 1.807) is 18.3 Å². The van der Waals surface area contributed by atoms with Crippen LogP contribution < -0.4 is 11.2 Å². The third-order valence-electron chi connectivity index (χ3n) is 5.18. The summed E-state index contributed by atoms with van der Waals surface area (Å²) >= 11 is 0. The molecular weight excluding hydrogens is 350 g/mol. The molecule has 2 heterocycles. The molecule has 27 heavy (non-hydrogen) atoms. The molecule has 0 saturated carbocycles. The molecule has 0 unspecified atom stereocenters. The number of hydrogen-bond acceptors (Lipinski definition) is 6. The Kier molecular flexibility index (Phi) is 4.73. The van der Waals surface area contributed by atoms with Gasteiger partial charge in [-0.15, -0.1) is 0 Å². The fraction of sp³-hybridized carbons (Fsp3) is 0.368. The molecule has 3 rings (SSSR count). The first kappa shape index (κ1) is 19.3. The number of esters is 1. The quantitative estimate of drug-likeness (QED) is 0.659. The van der Waals surface area contributed by atoms with Crippen LogP contribution in [0.3, 0.4) is 0 Å². The number of carbonyl (C=O) groups is 1. The number of halogens is 1. The fourth-order valence-corrected chi connectivity index (χ4v) is 2.92. The minimum absolute atomic E-state index is 0.152. The molecule has 0 radical (unpaired) electrons. The SMILES string of the molecule is COC(=O)c1ccc(-c2c(B3OC(C)(C)C(C)(C)O3)ccnc2N)cc1F. The van der Waals surface area contributed by atoms with Crippen LogP contribution in [0.25, 0.3) is 11.1 Å². The number of aromatic nitrogens is 1. The molecule has 1 saturated heterocycles. The molecule has 2 N–H and O–H groups in total. The molecule has 1 aliphatic heterocycles. The highest BCUT2D eigenvalue weighted by Crippen LogP contribution is 2.38. The molecule has 8 heteroatoms. The van der Waals surface area contributed by atoms with Crippen LogP contribution in [0.2, 0.25) is 0 Å². The Labute approximate surface area is 158 Å². The number of pyridine rings is 1. The van der Waals surface area contributed by atoms with E-state index in [4.69, 9.17) is 15.0 Å². The Bertz CT molecular complexity index is 885. The molecule has 1 aromatic heterocycles. The Morgan fingerprint density at radius 3 is 2.37 bits per heavy atom. The topological polar surface area (TPSA) is 83.7 Å². The Morgan fingerprint density at radius 2 is 1.81 bits per heavy atom. The molecular formula is C19H22BFN2O4. The summed E-state index contributed by atoms with van der Waals surface area (Å²) in [5.41, 5.74) is 6.49. The highest BCUT2D eigenvalue weighted by Gasteiger charge is 2.52. The van der Waals surface area contributed by atoms with Crippen molar-refractivity contribution in [2.24, 2.45) is 0 Å². The van der Waals surface area contributed by atoms with Crippen LogP contribution in [0.5, 0.6) is 0 Å². The van der Waals surface area contributed by atoms with Crippen LogP contribution in [0, 0.1) is 5.82 Å². The second-order valence-corrected chi connectivity index (χ2v) is 7.43. The van der Waals surface area contributed by atoms with E-state index in [9.17, 15) is 9.18 Å². The maximum atomic E-state index is 14.4. The molecule has 1 aromatic carbocycles. The van der Waals surface area contributed by atoms with Crippen molar-refractivity contribution in [1.82, 2.24) is 4.98 Å². The number of nitrogens with zero attached hydrogens (tertiary/aromatic N) is 1. The first-order valence-corrected chi connectivity index (χ1v) is 8.55. The van der Waals surface area contributed by atoms with Gasteiger partial charge in [0.2, 0.25) is 0 Å². The summed E-state index contributed by atoms with van der Waals surface area (Å²) in [6.45, 7) is 7.79. The summed E-state index contributed by atoms with van der Waals surface area (Å²) in [4.78, 5) is 15.7. The highest BCUT2D eigenvalue weighted by molar-refractivity contribution is 6.64. The number of carbonyl (C=O) groups excluding carboxylic acids is 1. The monoisotopic (exact) mass is 372 g/mol. The zero-order chi connectivity index (χ0) is 20.0. The Hall–Kier alpha value is -2.45. The molecule has 1 fully saturated rings. The van der Waals surface area contributed by atoms with E-state index in [2.05, 4.69) is 9.72 Å². The Morgan fingerprint density at radius 1 is 1.19 bits per heavy atom. The average molecular weight is 372 g/mol. The summed E-state index contributed by atoms with van der Waals surface area (Å²) in [6, 6.07) is 5.92. The summed E-state index contributed by atoms with van der Waals surface area (Å²) < 4.78 is 31.2. The van der Waals surface area contributed by atoms with Crippen LogP contribution >= 0.6 is 0 Å². The maximum absolute atomic E-state index is 14.4. The minimum Gasteiger partial charge on any atom is -0.465 e. The standard InChI is InChI=1S/C19H22BFN2O4/c1-18(2)19(3,4)27-20(26-18)13-8-9-23-16(22)15(13)11-6-7-12(14(21)10-11)17(24)25-5/h6-10H,1-5H3,(H2,22,23). The molecule has 0 spiro atoms. The van der Waals surface area contributed by atoms with Crippen LogP contribution in [0.1, 0.15) is 38.1 Å². The second kappa shape index (κ2) is 6.62. The molecule has 0 amide bonds. The lowest BCUT2D eigenvalue weighted by molar-refractivity contribution is 0.00578. The third kappa shape index (κ3) is 3.30. The van der Waals surface area contributed by atoms with Crippen LogP contribution in [-0.4, -0.2) is 36.4 Å². The van der Waals surface area contributed by atoms with Crippen molar-refractivity contribution in [3.63, 3.8) is 0 Å². The van der Waals surface area contributed by atoms with Gasteiger partial charge < -0.3 is 19.8 Å². The lowest BCUT2D eigenvalue weighted by Gasteiger charge is -2.32. The van der Waals surface area contributed by atoms with E-state index in [0.717, 1.165) is 0 Å². The molecule has 0 aliphatic carbocycles. The number of nitrogen functional groups attached to an aromatic ring is 1. The van der Waals surface area contributed by atoms with Gasteiger partial charge in [0, 0.05) is 11.8 Å². The van der Waals surface area contributed by atoms with Crippen molar-refractivity contribution in [2.45, 2.75) is 38.9 Å². The average Bonchev–Trinajstić information content (AvgIpc) is 2.81. The van der Waals surface area contributed by atoms with E-state index < -0.39 is 30.1 Å². The van der Waals surface area contributed by atoms with Crippen molar-refractivity contribution >= 4 is 24.4 Å². The molecule has 0 atom stereocenters. The van der Waals surface area contributed by atoms with E-state index in [0.29, 0.717) is 16.6 Å². The predicted molar refractivity (Wildman–Crippen MR) is 101 cm³/mol. The number of nitrogens with two attached hydrogens (primary N) is 1. The molecule has 142 valence electrons. The van der Waals surface area contributed by atoms with E-state index in [1.807, 2.05) is 27.7 Å². The normalized spacial score (nSPS) is 17.8. The number of hydrogen-bond donors (Lipinski definition) is 1. The fourth-order valence-electron chi connectivity index (χ4n) is 2.92. The van der Waals surface area contributed by atoms with Gasteiger partial charge in [0.05, 0.1) is 23.9 Å². The number of anilines is 1. The second-order valence-electron chi connectivity index (χ2n) is 7.43. The first-order chi connectivity index (χ1) is 12.6. The Balaban J connectivity index is 2.08. The van der Waals surface area contributed by atoms with Crippen molar-refractivity contribution in [3.8, 4) is 11.1 Å². The van der Waals surface area contributed by atoms with Gasteiger partial charge in [-0.2, -0.15) is 0 Å². The molecule has 0 bridgehead atoms. The zero-order valence-corrected chi connectivity index (χ0v) is 16.0. The van der Waals surface area contributed by atoms with Gasteiger partial charge in [0.25, 0.3) is 0 Å². The predicted octanol–water partition coefficient (Wildman–Crippen LogP) is 2.56. The van der Waals surface area contributed by atoms with E-state index in [1.165, 1.54) is 19.2 Å².